The molecule has 17 heavy (non-hydrogen) atoms. The van der Waals surface area contributed by atoms with Gasteiger partial charge in [0.1, 0.15) is 0 Å². The van der Waals surface area contributed by atoms with Crippen LogP contribution in [0.4, 0.5) is 0 Å². The van der Waals surface area contributed by atoms with Crippen molar-refractivity contribution in [1.29, 1.82) is 0 Å². The normalized spacial score (nSPS) is 12.9. The number of thiophene rings is 1. The molecule has 1 unspecified atom stereocenters. The minimum absolute atomic E-state index is 0.620. The fourth-order valence-electron chi connectivity index (χ4n) is 1.65. The van der Waals surface area contributed by atoms with E-state index in [9.17, 15) is 0 Å². The van der Waals surface area contributed by atoms with Crippen molar-refractivity contribution in [2.24, 2.45) is 11.7 Å². The highest BCUT2D eigenvalue weighted by Crippen LogP contribution is 2.32. The molecule has 2 heterocycles. The van der Waals surface area contributed by atoms with Crippen molar-refractivity contribution in [2.45, 2.75) is 19.8 Å². The number of hydrogen-bond acceptors (Lipinski definition) is 4. The number of nitrogens with two attached hydrogens (primary N) is 1. The monoisotopic (exact) mass is 330 g/mol. The molecule has 5 heteroatoms. The van der Waals surface area contributed by atoms with E-state index in [1.165, 1.54) is 9.88 Å². The highest BCUT2D eigenvalue weighted by Gasteiger charge is 2.09. The molecule has 0 aliphatic heterocycles. The third-order valence-corrected chi connectivity index (χ3v) is 5.08. The Morgan fingerprint density at radius 3 is 2.94 bits per heavy atom. The average Bonchev–Trinajstić information content (AvgIpc) is 2.87. The maximum atomic E-state index is 5.56. The zero-order valence-electron chi connectivity index (χ0n) is 9.65. The lowest BCUT2D eigenvalue weighted by Crippen LogP contribution is -2.07. The molecule has 0 amide bonds. The molecule has 0 aromatic carbocycles. The number of halogens is 1. The molecule has 2 aromatic heterocycles. The molecule has 2 nitrogen and oxygen atoms in total. The van der Waals surface area contributed by atoms with Gasteiger partial charge in [0.2, 0.25) is 0 Å². The van der Waals surface area contributed by atoms with Crippen molar-refractivity contribution >= 4 is 38.6 Å². The van der Waals surface area contributed by atoms with Crippen LogP contribution in [-0.2, 0) is 6.42 Å². The minimum atomic E-state index is 0.620. The van der Waals surface area contributed by atoms with Gasteiger partial charge in [-0.1, -0.05) is 6.92 Å². The summed E-state index contributed by atoms with van der Waals surface area (Å²) in [5.41, 5.74) is 6.66. The molecular formula is C12H15BrN2S2. The Bertz CT molecular complexity index is 478. The van der Waals surface area contributed by atoms with E-state index in [-0.39, 0.29) is 0 Å². The average molecular weight is 331 g/mol. The molecule has 0 aliphatic rings. The van der Waals surface area contributed by atoms with Gasteiger partial charge in [-0.25, -0.2) is 4.98 Å². The van der Waals surface area contributed by atoms with Gasteiger partial charge in [-0.2, -0.15) is 0 Å². The van der Waals surface area contributed by atoms with Crippen LogP contribution in [0, 0.1) is 5.92 Å². The van der Waals surface area contributed by atoms with Crippen molar-refractivity contribution in [3.8, 4) is 10.6 Å². The molecule has 0 bridgehead atoms. The molecule has 92 valence electrons. The van der Waals surface area contributed by atoms with Gasteiger partial charge in [-0.05, 0) is 46.9 Å². The van der Waals surface area contributed by atoms with Gasteiger partial charge < -0.3 is 5.73 Å². The first kappa shape index (κ1) is 13.2. The Labute approximate surface area is 118 Å². The first-order valence-electron chi connectivity index (χ1n) is 5.59. The van der Waals surface area contributed by atoms with Gasteiger partial charge in [0, 0.05) is 11.8 Å². The standard InChI is InChI=1S/C12H15BrN2S2/c1-8(4-5-14)6-12-15-9(7-16-12)10-2-3-11(13)17-10/h2-3,7-8H,4-6,14H2,1H3. The van der Waals surface area contributed by atoms with Crippen LogP contribution in [0.1, 0.15) is 18.4 Å². The van der Waals surface area contributed by atoms with Gasteiger partial charge >= 0.3 is 0 Å². The lowest BCUT2D eigenvalue weighted by atomic mass is 10.1. The summed E-state index contributed by atoms with van der Waals surface area (Å²) in [6.07, 6.45) is 2.11. The van der Waals surface area contributed by atoms with E-state index < -0.39 is 0 Å². The van der Waals surface area contributed by atoms with Crippen molar-refractivity contribution in [1.82, 2.24) is 4.98 Å². The predicted molar refractivity (Wildman–Crippen MR) is 79.7 cm³/mol. The number of hydrogen-bond donors (Lipinski definition) is 1. The number of thiazole rings is 1. The van der Waals surface area contributed by atoms with Crippen LogP contribution in [0.2, 0.25) is 0 Å². The first-order valence-corrected chi connectivity index (χ1v) is 8.08. The van der Waals surface area contributed by atoms with Crippen molar-refractivity contribution in [3.05, 3.63) is 26.3 Å². The van der Waals surface area contributed by atoms with Crippen LogP contribution >= 0.6 is 38.6 Å². The van der Waals surface area contributed by atoms with E-state index in [0.717, 1.165) is 28.9 Å². The maximum absolute atomic E-state index is 5.56. The molecule has 2 aromatic rings. The zero-order chi connectivity index (χ0) is 12.3. The highest BCUT2D eigenvalue weighted by molar-refractivity contribution is 9.11. The highest BCUT2D eigenvalue weighted by atomic mass is 79.9. The van der Waals surface area contributed by atoms with E-state index in [1.54, 1.807) is 22.7 Å². The quantitative estimate of drug-likeness (QED) is 0.893. The molecule has 2 N–H and O–H groups in total. The van der Waals surface area contributed by atoms with E-state index in [1.807, 2.05) is 0 Å². The van der Waals surface area contributed by atoms with E-state index in [0.29, 0.717) is 5.92 Å². The summed E-state index contributed by atoms with van der Waals surface area (Å²) in [5, 5.41) is 3.36. The molecule has 0 spiro atoms. The molecule has 2 rings (SSSR count). The second kappa shape index (κ2) is 6.09. The molecule has 0 aliphatic carbocycles. The molecular weight excluding hydrogens is 316 g/mol. The third-order valence-electron chi connectivity index (χ3n) is 2.56. The van der Waals surface area contributed by atoms with Crippen molar-refractivity contribution in [2.75, 3.05) is 6.54 Å². The van der Waals surface area contributed by atoms with Crippen LogP contribution in [0.15, 0.2) is 21.3 Å². The fraction of sp³-hybridized carbons (Fsp3) is 0.417. The Morgan fingerprint density at radius 1 is 1.47 bits per heavy atom. The number of nitrogens with zero attached hydrogens (tertiary/aromatic N) is 1. The second-order valence-electron chi connectivity index (χ2n) is 4.12. The minimum Gasteiger partial charge on any atom is -0.330 e. The summed E-state index contributed by atoms with van der Waals surface area (Å²) < 4.78 is 1.15. The smallest absolute Gasteiger partial charge is 0.0935 e. The molecule has 0 saturated carbocycles. The molecule has 0 saturated heterocycles. The number of aromatic nitrogens is 1. The van der Waals surface area contributed by atoms with E-state index in [4.69, 9.17) is 5.73 Å². The Hall–Kier alpha value is -0.230. The predicted octanol–water partition coefficient (Wildman–Crippen LogP) is 4.16. The summed E-state index contributed by atoms with van der Waals surface area (Å²) >= 11 is 6.95. The van der Waals surface area contributed by atoms with Gasteiger partial charge in [-0.3, -0.25) is 0 Å². The molecule has 0 fully saturated rings. The van der Waals surface area contributed by atoms with Crippen molar-refractivity contribution < 1.29 is 0 Å². The Balaban J connectivity index is 2.05. The van der Waals surface area contributed by atoms with Crippen molar-refractivity contribution in [3.63, 3.8) is 0 Å². The second-order valence-corrected chi connectivity index (χ2v) is 7.52. The van der Waals surface area contributed by atoms with Crippen LogP contribution in [-0.4, -0.2) is 11.5 Å². The molecule has 1 atom stereocenters. The van der Waals surface area contributed by atoms with E-state index in [2.05, 4.69) is 45.4 Å². The van der Waals surface area contributed by atoms with Crippen LogP contribution in [0.5, 0.6) is 0 Å². The van der Waals surface area contributed by atoms with Crippen LogP contribution in [0.3, 0.4) is 0 Å². The Kier molecular flexibility index (Phi) is 4.73. The summed E-state index contributed by atoms with van der Waals surface area (Å²) in [7, 11) is 0. The first-order chi connectivity index (χ1) is 8.19. The lowest BCUT2D eigenvalue weighted by molar-refractivity contribution is 0.537. The Morgan fingerprint density at radius 2 is 2.29 bits per heavy atom. The zero-order valence-corrected chi connectivity index (χ0v) is 12.9. The lowest BCUT2D eigenvalue weighted by Gasteiger charge is -2.06. The van der Waals surface area contributed by atoms with Gasteiger partial charge in [0.05, 0.1) is 19.4 Å². The largest absolute Gasteiger partial charge is 0.330 e. The van der Waals surface area contributed by atoms with Gasteiger partial charge in [0.25, 0.3) is 0 Å². The summed E-state index contributed by atoms with van der Waals surface area (Å²) in [5.74, 6) is 0.620. The van der Waals surface area contributed by atoms with E-state index >= 15 is 0 Å². The van der Waals surface area contributed by atoms with Crippen LogP contribution < -0.4 is 5.73 Å². The SMILES string of the molecule is CC(CCN)Cc1nc(-c2ccc(Br)s2)cs1. The maximum Gasteiger partial charge on any atom is 0.0935 e. The number of rotatable bonds is 5. The molecule has 0 radical (unpaired) electrons. The van der Waals surface area contributed by atoms with Gasteiger partial charge in [0.15, 0.2) is 0 Å². The summed E-state index contributed by atoms with van der Waals surface area (Å²) in [6, 6.07) is 4.17. The van der Waals surface area contributed by atoms with Crippen LogP contribution in [0.25, 0.3) is 10.6 Å². The summed E-state index contributed by atoms with van der Waals surface area (Å²) in [4.78, 5) is 5.91. The summed E-state index contributed by atoms with van der Waals surface area (Å²) in [6.45, 7) is 2.99. The third kappa shape index (κ3) is 3.61. The fourth-order valence-corrected chi connectivity index (χ4v) is 4.03. The topological polar surface area (TPSA) is 38.9 Å². The van der Waals surface area contributed by atoms with Gasteiger partial charge in [-0.15, -0.1) is 22.7 Å².